The van der Waals surface area contributed by atoms with Crippen molar-refractivity contribution in [2.24, 2.45) is 9.50 Å². The van der Waals surface area contributed by atoms with Crippen molar-refractivity contribution >= 4 is 33.0 Å². The number of aliphatic hydroxyl groups is 1. The Morgan fingerprint density at radius 3 is 2.56 bits per heavy atom. The molecule has 1 aromatic heterocycles. The fourth-order valence-corrected chi connectivity index (χ4v) is 5.96. The molecule has 4 rings (SSSR count). The highest BCUT2D eigenvalue weighted by Crippen LogP contribution is 2.39. The molecule has 6 nitrogen and oxygen atoms in total. The van der Waals surface area contributed by atoms with Gasteiger partial charge >= 0.3 is 6.03 Å². The molecule has 0 fully saturated rings. The van der Waals surface area contributed by atoms with Gasteiger partial charge in [-0.05, 0) is 85.2 Å². The van der Waals surface area contributed by atoms with Crippen LogP contribution in [0.3, 0.4) is 0 Å². The predicted octanol–water partition coefficient (Wildman–Crippen LogP) is 3.50. The average Bonchev–Trinajstić information content (AvgIpc) is 3.18. The Kier molecular flexibility index (Phi) is 4.42. The number of hydrogen-bond donors (Lipinski definition) is 3. The van der Waals surface area contributed by atoms with E-state index in [-0.39, 0.29) is 4.21 Å². The fourth-order valence-electron chi connectivity index (χ4n) is 3.68. The van der Waals surface area contributed by atoms with Gasteiger partial charge in [-0.15, -0.1) is 15.7 Å². The molecule has 0 aliphatic heterocycles. The first kappa shape index (κ1) is 18.6. The highest BCUT2D eigenvalue weighted by molar-refractivity contribution is 7.93. The third kappa shape index (κ3) is 3.42. The molecular weight excluding hydrogens is 382 g/mol. The smallest absolute Gasteiger partial charge is 0.354 e. The molecular formula is C19H23N3O3S2. The fraction of sp³-hybridized carbons (Fsp3) is 0.421. The lowest BCUT2D eigenvalue weighted by Crippen LogP contribution is -2.21. The van der Waals surface area contributed by atoms with Gasteiger partial charge in [-0.1, -0.05) is 6.07 Å². The maximum atomic E-state index is 12.8. The molecule has 1 unspecified atom stereocenters. The molecule has 0 bridgehead atoms. The summed E-state index contributed by atoms with van der Waals surface area (Å²) in [6.07, 6.45) is 5.03. The third-order valence-corrected chi connectivity index (χ3v) is 8.12. The van der Waals surface area contributed by atoms with E-state index < -0.39 is 21.5 Å². The highest BCUT2D eigenvalue weighted by atomic mass is 32.2. The SMILES string of the molecule is CC(C)(O)c1csc(S(N)(=O)=NC(=O)Nc2c3c(cc4c2CC4)CCC3)c1. The second-order valence-corrected chi connectivity index (χ2v) is 10.6. The number of urea groups is 1. The molecule has 0 saturated carbocycles. The van der Waals surface area contributed by atoms with Crippen LogP contribution in [0.25, 0.3) is 0 Å². The summed E-state index contributed by atoms with van der Waals surface area (Å²) in [7, 11) is -3.37. The second-order valence-electron chi connectivity index (χ2n) is 7.68. The summed E-state index contributed by atoms with van der Waals surface area (Å²) in [6, 6.07) is 3.12. The number of benzene rings is 1. The van der Waals surface area contributed by atoms with Crippen LogP contribution in [0, 0.1) is 0 Å². The van der Waals surface area contributed by atoms with Crippen molar-refractivity contribution in [2.75, 3.05) is 5.32 Å². The number of anilines is 1. The van der Waals surface area contributed by atoms with E-state index in [4.69, 9.17) is 5.14 Å². The number of nitrogens with one attached hydrogen (secondary N) is 1. The van der Waals surface area contributed by atoms with E-state index in [1.807, 2.05) is 0 Å². The van der Waals surface area contributed by atoms with Crippen LogP contribution in [0.4, 0.5) is 10.5 Å². The van der Waals surface area contributed by atoms with E-state index in [0.29, 0.717) is 5.56 Å². The molecule has 4 N–H and O–H groups in total. The molecule has 0 saturated heterocycles. The molecule has 2 amide bonds. The number of thiophene rings is 1. The molecule has 2 aliphatic carbocycles. The van der Waals surface area contributed by atoms with Gasteiger partial charge < -0.3 is 10.4 Å². The van der Waals surface area contributed by atoms with Crippen LogP contribution in [-0.4, -0.2) is 15.3 Å². The number of nitrogens with two attached hydrogens (primary N) is 1. The van der Waals surface area contributed by atoms with Crippen LogP contribution < -0.4 is 10.5 Å². The molecule has 1 aromatic carbocycles. The van der Waals surface area contributed by atoms with Gasteiger partial charge in [0.25, 0.3) is 0 Å². The Labute approximate surface area is 163 Å². The maximum absolute atomic E-state index is 12.8. The summed E-state index contributed by atoms with van der Waals surface area (Å²) in [5.41, 5.74) is 5.30. The lowest BCUT2D eigenvalue weighted by molar-refractivity contribution is 0.0789. The van der Waals surface area contributed by atoms with E-state index >= 15 is 0 Å². The van der Waals surface area contributed by atoms with E-state index in [9.17, 15) is 14.1 Å². The number of amides is 2. The summed E-state index contributed by atoms with van der Waals surface area (Å²) < 4.78 is 16.9. The summed E-state index contributed by atoms with van der Waals surface area (Å²) in [4.78, 5) is 12.5. The largest absolute Gasteiger partial charge is 0.386 e. The van der Waals surface area contributed by atoms with E-state index in [0.717, 1.165) is 49.1 Å². The zero-order chi connectivity index (χ0) is 19.4. The van der Waals surface area contributed by atoms with Crippen LogP contribution in [0.2, 0.25) is 0 Å². The standard InChI is InChI=1S/C19H23N3O3S2/c1-19(2,24)13-9-16(26-10-13)27(20,25)22-18(23)21-17-14-5-3-4-11(14)8-12-6-7-15(12)17/h8-10,24H,3-7H2,1-2H3,(H3,20,21,22,23,25). The normalized spacial score (nSPS) is 17.5. The Morgan fingerprint density at radius 2 is 1.93 bits per heavy atom. The summed E-state index contributed by atoms with van der Waals surface area (Å²) in [6.45, 7) is 3.27. The lowest BCUT2D eigenvalue weighted by Gasteiger charge is -2.25. The van der Waals surface area contributed by atoms with Crippen LogP contribution in [-0.2, 0) is 41.2 Å². The van der Waals surface area contributed by atoms with Crippen LogP contribution >= 0.6 is 11.3 Å². The van der Waals surface area contributed by atoms with Crippen molar-refractivity contribution in [3.8, 4) is 0 Å². The molecule has 2 aromatic rings. The first-order valence-corrected chi connectivity index (χ1v) is 11.4. The molecule has 0 spiro atoms. The van der Waals surface area contributed by atoms with E-state index in [2.05, 4.69) is 15.7 Å². The predicted molar refractivity (Wildman–Crippen MR) is 107 cm³/mol. The van der Waals surface area contributed by atoms with E-state index in [1.54, 1.807) is 25.3 Å². The van der Waals surface area contributed by atoms with Crippen molar-refractivity contribution in [2.45, 2.75) is 55.8 Å². The highest BCUT2D eigenvalue weighted by Gasteiger charge is 2.27. The zero-order valence-corrected chi connectivity index (χ0v) is 17.0. The molecule has 2 aliphatic rings. The summed E-state index contributed by atoms with van der Waals surface area (Å²) in [5.74, 6) is 0. The Hall–Kier alpha value is -1.74. The summed E-state index contributed by atoms with van der Waals surface area (Å²) in [5, 5.41) is 20.5. The van der Waals surface area contributed by atoms with Gasteiger partial charge in [0, 0.05) is 5.69 Å². The van der Waals surface area contributed by atoms with E-state index in [1.165, 1.54) is 22.3 Å². The molecule has 8 heteroatoms. The average molecular weight is 406 g/mol. The van der Waals surface area contributed by atoms with Crippen LogP contribution in [0.1, 0.15) is 48.1 Å². The van der Waals surface area contributed by atoms with Gasteiger partial charge in [-0.3, -0.25) is 0 Å². The zero-order valence-electron chi connectivity index (χ0n) is 15.4. The Balaban J connectivity index is 1.63. The van der Waals surface area contributed by atoms with Crippen molar-refractivity contribution in [1.82, 2.24) is 0 Å². The lowest BCUT2D eigenvalue weighted by atomic mass is 9.83. The number of carbonyl (C=O) groups excluding carboxylic acids is 1. The first-order chi connectivity index (χ1) is 12.6. The van der Waals surface area contributed by atoms with Gasteiger partial charge in [-0.2, -0.15) is 0 Å². The number of carbonyl (C=O) groups is 1. The van der Waals surface area contributed by atoms with Crippen molar-refractivity contribution < 1.29 is 14.1 Å². The molecule has 0 radical (unpaired) electrons. The number of aryl methyl sites for hydroxylation is 2. The van der Waals surface area contributed by atoms with Gasteiger partial charge in [0.05, 0.1) is 5.60 Å². The van der Waals surface area contributed by atoms with Gasteiger partial charge in [-0.25, -0.2) is 14.1 Å². The number of nitrogens with zero attached hydrogens (tertiary/aromatic N) is 1. The third-order valence-electron chi connectivity index (χ3n) is 5.27. The summed E-state index contributed by atoms with van der Waals surface area (Å²) >= 11 is 1.13. The monoisotopic (exact) mass is 405 g/mol. The number of rotatable bonds is 3. The molecule has 1 atom stereocenters. The number of fused-ring (bicyclic) bond motifs is 2. The van der Waals surface area contributed by atoms with Gasteiger partial charge in [0.1, 0.15) is 4.21 Å². The molecule has 144 valence electrons. The van der Waals surface area contributed by atoms with Crippen molar-refractivity contribution in [3.05, 3.63) is 45.3 Å². The Morgan fingerprint density at radius 1 is 1.22 bits per heavy atom. The van der Waals surface area contributed by atoms with Gasteiger partial charge in [0.15, 0.2) is 9.92 Å². The van der Waals surface area contributed by atoms with Crippen molar-refractivity contribution in [3.63, 3.8) is 0 Å². The van der Waals surface area contributed by atoms with Gasteiger partial charge in [0.2, 0.25) is 0 Å². The minimum Gasteiger partial charge on any atom is -0.386 e. The van der Waals surface area contributed by atoms with Crippen LogP contribution in [0.15, 0.2) is 26.1 Å². The number of hydrogen-bond acceptors (Lipinski definition) is 4. The first-order valence-electron chi connectivity index (χ1n) is 8.99. The molecule has 27 heavy (non-hydrogen) atoms. The van der Waals surface area contributed by atoms with Crippen molar-refractivity contribution in [1.29, 1.82) is 0 Å². The topological polar surface area (TPSA) is 105 Å². The minimum absolute atomic E-state index is 0.279. The second kappa shape index (κ2) is 6.41. The quantitative estimate of drug-likeness (QED) is 0.728. The molecule has 1 heterocycles. The minimum atomic E-state index is -3.37. The Bertz CT molecular complexity index is 1060. The maximum Gasteiger partial charge on any atom is 0.354 e. The van der Waals surface area contributed by atoms with Crippen LogP contribution in [0.5, 0.6) is 0 Å².